The van der Waals surface area contributed by atoms with E-state index < -0.39 is 0 Å². The first-order valence-corrected chi connectivity index (χ1v) is 8.99. The lowest BCUT2D eigenvalue weighted by atomic mass is 9.97. The molecule has 124 valence electrons. The molecule has 1 aromatic heterocycles. The third-order valence-electron chi connectivity index (χ3n) is 4.64. The first kappa shape index (κ1) is 14.8. The Morgan fingerprint density at radius 2 is 1.92 bits per heavy atom. The van der Waals surface area contributed by atoms with Crippen molar-refractivity contribution in [3.05, 3.63) is 88.3 Å². The van der Waals surface area contributed by atoms with E-state index in [0.717, 1.165) is 39.2 Å². The molecule has 0 radical (unpaired) electrons. The number of rotatable bonds is 2. The average molecular weight is 395 g/mol. The number of benzene rings is 2. The molecule has 3 heterocycles. The SMILES string of the molecule is Brc1ccc2c(c1)[C@@H]1CC(c3ccco3)=NN1[C@@H](c1ccccc1)O2. The van der Waals surface area contributed by atoms with E-state index in [2.05, 4.69) is 39.1 Å². The Balaban J connectivity index is 1.62. The van der Waals surface area contributed by atoms with Gasteiger partial charge >= 0.3 is 0 Å². The van der Waals surface area contributed by atoms with Crippen LogP contribution in [0.25, 0.3) is 0 Å². The van der Waals surface area contributed by atoms with E-state index in [-0.39, 0.29) is 12.3 Å². The predicted octanol–water partition coefficient (Wildman–Crippen LogP) is 5.28. The van der Waals surface area contributed by atoms with Gasteiger partial charge in [0.05, 0.1) is 12.3 Å². The van der Waals surface area contributed by atoms with Crippen LogP contribution in [-0.2, 0) is 0 Å². The zero-order chi connectivity index (χ0) is 16.8. The Labute approximate surface area is 153 Å². The molecule has 25 heavy (non-hydrogen) atoms. The van der Waals surface area contributed by atoms with Crippen molar-refractivity contribution in [1.29, 1.82) is 0 Å². The quantitative estimate of drug-likeness (QED) is 0.592. The second kappa shape index (κ2) is 5.77. The highest BCUT2D eigenvalue weighted by molar-refractivity contribution is 9.10. The number of fused-ring (bicyclic) bond motifs is 3. The summed E-state index contributed by atoms with van der Waals surface area (Å²) in [6.07, 6.45) is 2.24. The number of nitrogens with zero attached hydrogens (tertiary/aromatic N) is 2. The largest absolute Gasteiger partial charge is 0.464 e. The predicted molar refractivity (Wildman–Crippen MR) is 98.4 cm³/mol. The van der Waals surface area contributed by atoms with Crippen LogP contribution in [0.2, 0.25) is 0 Å². The van der Waals surface area contributed by atoms with Crippen molar-refractivity contribution in [2.45, 2.75) is 18.7 Å². The average Bonchev–Trinajstić information content (AvgIpc) is 3.31. The molecule has 0 saturated carbocycles. The minimum atomic E-state index is -0.243. The van der Waals surface area contributed by atoms with E-state index in [1.54, 1.807) is 6.26 Å². The van der Waals surface area contributed by atoms with Gasteiger partial charge in [-0.1, -0.05) is 46.3 Å². The van der Waals surface area contributed by atoms with Crippen LogP contribution < -0.4 is 4.74 Å². The molecule has 2 aliphatic heterocycles. The van der Waals surface area contributed by atoms with Crippen LogP contribution in [-0.4, -0.2) is 10.7 Å². The maximum absolute atomic E-state index is 6.32. The lowest BCUT2D eigenvalue weighted by Crippen LogP contribution is -2.33. The van der Waals surface area contributed by atoms with Crippen molar-refractivity contribution in [3.8, 4) is 5.75 Å². The third-order valence-corrected chi connectivity index (χ3v) is 5.14. The van der Waals surface area contributed by atoms with Crippen LogP contribution in [0, 0.1) is 0 Å². The second-order valence-corrected chi connectivity index (χ2v) is 7.10. The molecule has 5 rings (SSSR count). The summed E-state index contributed by atoms with van der Waals surface area (Å²) >= 11 is 3.57. The van der Waals surface area contributed by atoms with Crippen molar-refractivity contribution in [2.24, 2.45) is 5.10 Å². The number of furan rings is 1. The maximum atomic E-state index is 6.32. The summed E-state index contributed by atoms with van der Waals surface area (Å²) in [4.78, 5) is 0. The van der Waals surface area contributed by atoms with Crippen LogP contribution >= 0.6 is 15.9 Å². The third kappa shape index (κ3) is 2.46. The smallest absolute Gasteiger partial charge is 0.213 e. The minimum absolute atomic E-state index is 0.131. The molecule has 0 fully saturated rings. The van der Waals surface area contributed by atoms with Gasteiger partial charge in [0.25, 0.3) is 0 Å². The lowest BCUT2D eigenvalue weighted by Gasteiger charge is -2.38. The Hall–Kier alpha value is -2.53. The molecule has 5 heteroatoms. The molecule has 0 amide bonds. The van der Waals surface area contributed by atoms with Gasteiger partial charge < -0.3 is 9.15 Å². The highest BCUT2D eigenvalue weighted by Crippen LogP contribution is 2.48. The summed E-state index contributed by atoms with van der Waals surface area (Å²) in [5.41, 5.74) is 3.18. The van der Waals surface area contributed by atoms with Crippen LogP contribution in [0.1, 0.15) is 35.6 Å². The number of ether oxygens (including phenoxy) is 1. The molecule has 2 aromatic carbocycles. The summed E-state index contributed by atoms with van der Waals surface area (Å²) in [5, 5.41) is 6.91. The molecule has 0 unspecified atom stereocenters. The van der Waals surface area contributed by atoms with Gasteiger partial charge in [-0.25, -0.2) is 5.01 Å². The molecule has 3 aromatic rings. The lowest BCUT2D eigenvalue weighted by molar-refractivity contribution is -0.0190. The van der Waals surface area contributed by atoms with Crippen molar-refractivity contribution < 1.29 is 9.15 Å². The monoisotopic (exact) mass is 394 g/mol. The van der Waals surface area contributed by atoms with Gasteiger partial charge in [-0.15, -0.1) is 0 Å². The molecule has 2 atom stereocenters. The van der Waals surface area contributed by atoms with Crippen LogP contribution in [0.15, 0.2) is 80.9 Å². The van der Waals surface area contributed by atoms with Crippen molar-refractivity contribution in [2.75, 3.05) is 0 Å². The van der Waals surface area contributed by atoms with E-state index in [4.69, 9.17) is 14.3 Å². The molecule has 0 bridgehead atoms. The van der Waals surface area contributed by atoms with Crippen molar-refractivity contribution in [3.63, 3.8) is 0 Å². The number of halogens is 1. The zero-order valence-corrected chi connectivity index (χ0v) is 14.9. The van der Waals surface area contributed by atoms with E-state index in [9.17, 15) is 0 Å². The highest BCUT2D eigenvalue weighted by Gasteiger charge is 2.41. The number of hydrazone groups is 1. The Kier molecular flexibility index (Phi) is 3.41. The maximum Gasteiger partial charge on any atom is 0.213 e. The van der Waals surface area contributed by atoms with Gasteiger partial charge in [0.2, 0.25) is 6.23 Å². The summed E-state index contributed by atoms with van der Waals surface area (Å²) in [7, 11) is 0. The van der Waals surface area contributed by atoms with E-state index >= 15 is 0 Å². The fourth-order valence-corrected chi connectivity index (χ4v) is 3.87. The number of hydrogen-bond acceptors (Lipinski definition) is 4. The fourth-order valence-electron chi connectivity index (χ4n) is 3.49. The van der Waals surface area contributed by atoms with E-state index in [1.807, 2.05) is 42.5 Å². The number of hydrogen-bond donors (Lipinski definition) is 0. The van der Waals surface area contributed by atoms with Crippen molar-refractivity contribution in [1.82, 2.24) is 5.01 Å². The second-order valence-electron chi connectivity index (χ2n) is 6.19. The van der Waals surface area contributed by atoms with Gasteiger partial charge in [0.15, 0.2) is 0 Å². The molecule has 2 aliphatic rings. The Morgan fingerprint density at radius 3 is 2.72 bits per heavy atom. The molecule has 4 nitrogen and oxygen atoms in total. The topological polar surface area (TPSA) is 38.0 Å². The molecular weight excluding hydrogens is 380 g/mol. The van der Waals surface area contributed by atoms with Crippen LogP contribution in [0.4, 0.5) is 0 Å². The first-order chi connectivity index (χ1) is 12.3. The van der Waals surface area contributed by atoms with E-state index in [0.29, 0.717) is 0 Å². The molecule has 0 spiro atoms. The molecule has 0 aliphatic carbocycles. The standard InChI is InChI=1S/C20H15BrN2O2/c21-14-8-9-18-15(11-14)17-12-16(19-7-4-10-24-19)22-23(17)20(25-18)13-5-2-1-3-6-13/h1-11,17,20H,12H2/t17-,20+/m0/s1. The van der Waals surface area contributed by atoms with Gasteiger partial charge in [-0.05, 0) is 30.3 Å². The van der Waals surface area contributed by atoms with Gasteiger partial charge in [0.1, 0.15) is 17.2 Å². The van der Waals surface area contributed by atoms with Crippen LogP contribution in [0.5, 0.6) is 5.75 Å². The van der Waals surface area contributed by atoms with Gasteiger partial charge in [-0.3, -0.25) is 0 Å². The van der Waals surface area contributed by atoms with Gasteiger partial charge in [0, 0.05) is 22.0 Å². The normalized spacial score (nSPS) is 21.3. The van der Waals surface area contributed by atoms with E-state index in [1.165, 1.54) is 0 Å². The summed E-state index contributed by atoms with van der Waals surface area (Å²) in [6.45, 7) is 0. The molecule has 0 N–H and O–H groups in total. The highest BCUT2D eigenvalue weighted by atomic mass is 79.9. The summed E-state index contributed by atoms with van der Waals surface area (Å²) in [6, 6.07) is 20.4. The Bertz CT molecular complexity index is 938. The summed E-state index contributed by atoms with van der Waals surface area (Å²) in [5.74, 6) is 1.73. The first-order valence-electron chi connectivity index (χ1n) is 8.20. The summed E-state index contributed by atoms with van der Waals surface area (Å²) < 4.78 is 12.9. The fraction of sp³-hybridized carbons (Fsp3) is 0.150. The van der Waals surface area contributed by atoms with Crippen LogP contribution in [0.3, 0.4) is 0 Å². The Morgan fingerprint density at radius 1 is 1.04 bits per heavy atom. The zero-order valence-electron chi connectivity index (χ0n) is 13.3. The minimum Gasteiger partial charge on any atom is -0.464 e. The molecular formula is C20H15BrN2O2. The van der Waals surface area contributed by atoms with Crippen molar-refractivity contribution >= 4 is 21.6 Å². The van der Waals surface area contributed by atoms with Gasteiger partial charge in [-0.2, -0.15) is 5.10 Å². The molecule has 0 saturated heterocycles.